The monoisotopic (exact) mass is 282 g/mol. The molecule has 0 spiro atoms. The van der Waals surface area contributed by atoms with Crippen molar-refractivity contribution in [1.82, 2.24) is 9.97 Å². The van der Waals surface area contributed by atoms with E-state index in [1.54, 1.807) is 6.07 Å². The van der Waals surface area contributed by atoms with Gasteiger partial charge in [-0.25, -0.2) is 14.4 Å². The van der Waals surface area contributed by atoms with Crippen LogP contribution in [-0.2, 0) is 6.54 Å². The number of nitrogen functional groups attached to an aromatic ring is 1. The van der Waals surface area contributed by atoms with Crippen molar-refractivity contribution in [3.8, 4) is 0 Å². The molecule has 0 amide bonds. The van der Waals surface area contributed by atoms with Crippen LogP contribution >= 0.6 is 0 Å². The summed E-state index contributed by atoms with van der Waals surface area (Å²) in [4.78, 5) is 10.5. The minimum Gasteiger partial charge on any atom is -0.399 e. The van der Waals surface area contributed by atoms with Crippen LogP contribution in [0.4, 0.5) is 15.9 Å². The van der Waals surface area contributed by atoms with Gasteiger partial charge in [-0.1, -0.05) is 12.1 Å². The van der Waals surface area contributed by atoms with Crippen LogP contribution in [0.1, 0.15) is 5.56 Å². The van der Waals surface area contributed by atoms with Gasteiger partial charge in [0, 0.05) is 24.7 Å². The first kappa shape index (κ1) is 13.3. The van der Waals surface area contributed by atoms with E-state index in [-0.39, 0.29) is 5.82 Å². The van der Waals surface area contributed by atoms with Crippen molar-refractivity contribution in [2.45, 2.75) is 6.54 Å². The predicted molar refractivity (Wildman–Crippen MR) is 82.5 cm³/mol. The van der Waals surface area contributed by atoms with Crippen LogP contribution < -0.4 is 10.6 Å². The standard InChI is InChI=1S/C16H15FN4/c1-21(9-11-3-2-4-12(17)7-11)16-14-6-5-13(18)8-15(14)19-10-20-16/h2-8,10H,9,18H2,1H3. The second-order valence-electron chi connectivity index (χ2n) is 4.96. The normalized spacial score (nSPS) is 10.8. The van der Waals surface area contributed by atoms with Gasteiger partial charge in [0.25, 0.3) is 0 Å². The van der Waals surface area contributed by atoms with Crippen LogP contribution in [0.2, 0.25) is 0 Å². The molecule has 21 heavy (non-hydrogen) atoms. The number of nitrogens with zero attached hydrogens (tertiary/aromatic N) is 3. The quantitative estimate of drug-likeness (QED) is 0.750. The molecule has 0 aliphatic rings. The van der Waals surface area contributed by atoms with E-state index >= 15 is 0 Å². The maximum absolute atomic E-state index is 13.3. The maximum atomic E-state index is 13.3. The highest BCUT2D eigenvalue weighted by molar-refractivity contribution is 5.91. The minimum atomic E-state index is -0.235. The van der Waals surface area contributed by atoms with Gasteiger partial charge in [0.1, 0.15) is 18.0 Å². The minimum absolute atomic E-state index is 0.235. The summed E-state index contributed by atoms with van der Waals surface area (Å²) < 4.78 is 13.3. The summed E-state index contributed by atoms with van der Waals surface area (Å²) in [5.41, 5.74) is 8.13. The zero-order valence-electron chi connectivity index (χ0n) is 11.6. The molecule has 0 radical (unpaired) electrons. The van der Waals surface area contributed by atoms with Crippen molar-refractivity contribution in [2.75, 3.05) is 17.7 Å². The molecule has 0 saturated carbocycles. The number of halogens is 1. The summed E-state index contributed by atoms with van der Waals surface area (Å²) >= 11 is 0. The Morgan fingerprint density at radius 2 is 2.00 bits per heavy atom. The molecule has 0 atom stereocenters. The molecule has 2 N–H and O–H groups in total. The van der Waals surface area contributed by atoms with Gasteiger partial charge >= 0.3 is 0 Å². The van der Waals surface area contributed by atoms with E-state index in [0.717, 1.165) is 22.3 Å². The average Bonchev–Trinajstić information content (AvgIpc) is 2.46. The molecule has 0 bridgehead atoms. The van der Waals surface area contributed by atoms with Gasteiger partial charge in [0.2, 0.25) is 0 Å². The smallest absolute Gasteiger partial charge is 0.139 e. The molecule has 0 fully saturated rings. The highest BCUT2D eigenvalue weighted by atomic mass is 19.1. The third-order valence-corrected chi connectivity index (χ3v) is 3.31. The highest BCUT2D eigenvalue weighted by Crippen LogP contribution is 2.24. The molecule has 0 saturated heterocycles. The lowest BCUT2D eigenvalue weighted by Crippen LogP contribution is -2.18. The molecule has 1 heterocycles. The Hall–Kier alpha value is -2.69. The lowest BCUT2D eigenvalue weighted by molar-refractivity contribution is 0.625. The third-order valence-electron chi connectivity index (χ3n) is 3.31. The second-order valence-corrected chi connectivity index (χ2v) is 4.96. The zero-order valence-corrected chi connectivity index (χ0v) is 11.6. The molecule has 1 aromatic heterocycles. The average molecular weight is 282 g/mol. The van der Waals surface area contributed by atoms with E-state index in [1.807, 2.05) is 36.2 Å². The van der Waals surface area contributed by atoms with Crippen molar-refractivity contribution in [3.05, 3.63) is 60.2 Å². The second kappa shape index (κ2) is 5.36. The van der Waals surface area contributed by atoms with Crippen molar-refractivity contribution >= 4 is 22.4 Å². The van der Waals surface area contributed by atoms with Crippen LogP contribution in [0.5, 0.6) is 0 Å². The number of hydrogen-bond donors (Lipinski definition) is 1. The summed E-state index contributed by atoms with van der Waals surface area (Å²) in [7, 11) is 1.92. The molecule has 5 heteroatoms. The summed E-state index contributed by atoms with van der Waals surface area (Å²) in [6, 6.07) is 12.1. The Morgan fingerprint density at radius 1 is 1.14 bits per heavy atom. The lowest BCUT2D eigenvalue weighted by atomic mass is 10.2. The van der Waals surface area contributed by atoms with Gasteiger partial charge in [-0.15, -0.1) is 0 Å². The zero-order chi connectivity index (χ0) is 14.8. The van der Waals surface area contributed by atoms with Crippen LogP contribution in [-0.4, -0.2) is 17.0 Å². The summed E-state index contributed by atoms with van der Waals surface area (Å²) in [5, 5.41) is 0.922. The van der Waals surface area contributed by atoms with Crippen molar-refractivity contribution in [1.29, 1.82) is 0 Å². The van der Waals surface area contributed by atoms with E-state index in [4.69, 9.17) is 5.73 Å². The Morgan fingerprint density at radius 3 is 2.81 bits per heavy atom. The molecule has 3 aromatic rings. The van der Waals surface area contributed by atoms with E-state index in [1.165, 1.54) is 18.5 Å². The number of nitrogens with two attached hydrogens (primary N) is 1. The third kappa shape index (κ3) is 2.76. The van der Waals surface area contributed by atoms with E-state index in [2.05, 4.69) is 9.97 Å². The molecule has 0 aliphatic heterocycles. The molecular formula is C16H15FN4. The first-order chi connectivity index (χ1) is 10.1. The molecule has 106 valence electrons. The van der Waals surface area contributed by atoms with Crippen LogP contribution in [0, 0.1) is 5.82 Å². The van der Waals surface area contributed by atoms with Gasteiger partial charge in [0.05, 0.1) is 5.52 Å². The number of rotatable bonds is 3. The maximum Gasteiger partial charge on any atom is 0.139 e. The van der Waals surface area contributed by atoms with Gasteiger partial charge < -0.3 is 10.6 Å². The molecular weight excluding hydrogens is 267 g/mol. The summed E-state index contributed by atoms with van der Waals surface area (Å²) in [6.45, 7) is 0.564. The van der Waals surface area contributed by atoms with Crippen LogP contribution in [0.25, 0.3) is 10.9 Å². The largest absolute Gasteiger partial charge is 0.399 e. The summed E-state index contributed by atoms with van der Waals surface area (Å²) in [5.74, 6) is 0.561. The Balaban J connectivity index is 1.96. The fourth-order valence-corrected chi connectivity index (χ4v) is 2.35. The van der Waals surface area contributed by atoms with Crippen LogP contribution in [0.15, 0.2) is 48.8 Å². The van der Waals surface area contributed by atoms with Crippen LogP contribution in [0.3, 0.4) is 0 Å². The molecule has 4 nitrogen and oxygen atoms in total. The Labute approximate surface area is 122 Å². The Kier molecular flexibility index (Phi) is 3.39. The highest BCUT2D eigenvalue weighted by Gasteiger charge is 2.09. The number of hydrogen-bond acceptors (Lipinski definition) is 4. The molecule has 2 aromatic carbocycles. The topological polar surface area (TPSA) is 55.0 Å². The van der Waals surface area contributed by atoms with Crippen molar-refractivity contribution in [2.24, 2.45) is 0 Å². The van der Waals surface area contributed by atoms with Crippen molar-refractivity contribution in [3.63, 3.8) is 0 Å². The van der Waals surface area contributed by atoms with Gasteiger partial charge in [0.15, 0.2) is 0 Å². The molecule has 0 unspecified atom stereocenters. The summed E-state index contributed by atoms with van der Waals surface area (Å²) in [6.07, 6.45) is 1.51. The van der Waals surface area contributed by atoms with E-state index < -0.39 is 0 Å². The first-order valence-electron chi connectivity index (χ1n) is 6.59. The molecule has 0 aliphatic carbocycles. The predicted octanol–water partition coefficient (Wildman–Crippen LogP) is 2.99. The Bertz CT molecular complexity index is 788. The fourth-order valence-electron chi connectivity index (χ4n) is 2.35. The van der Waals surface area contributed by atoms with Gasteiger partial charge in [-0.05, 0) is 35.9 Å². The number of fused-ring (bicyclic) bond motifs is 1. The van der Waals surface area contributed by atoms with E-state index in [9.17, 15) is 4.39 Å². The number of anilines is 2. The van der Waals surface area contributed by atoms with Gasteiger partial charge in [-0.2, -0.15) is 0 Å². The SMILES string of the molecule is CN(Cc1cccc(F)c1)c1ncnc2cc(N)ccc12. The van der Waals surface area contributed by atoms with Gasteiger partial charge in [-0.3, -0.25) is 0 Å². The van der Waals surface area contributed by atoms with E-state index in [0.29, 0.717) is 12.2 Å². The first-order valence-corrected chi connectivity index (χ1v) is 6.59. The number of benzene rings is 2. The molecule has 3 rings (SSSR count). The fraction of sp³-hybridized carbons (Fsp3) is 0.125. The number of aromatic nitrogens is 2. The van der Waals surface area contributed by atoms with Crippen molar-refractivity contribution < 1.29 is 4.39 Å². The lowest BCUT2D eigenvalue weighted by Gasteiger charge is -2.19.